The molecule has 9 nitrogen and oxygen atoms in total. The van der Waals surface area contributed by atoms with Crippen molar-refractivity contribution in [2.24, 2.45) is 10.2 Å². The lowest BCUT2D eigenvalue weighted by Crippen LogP contribution is -2.50. The molecule has 1 amide bonds. The van der Waals surface area contributed by atoms with Gasteiger partial charge in [0.1, 0.15) is 11.9 Å². The van der Waals surface area contributed by atoms with E-state index < -0.39 is 18.2 Å². The molecule has 2 aliphatic heterocycles. The number of carbonyl (C=O) groups is 1. The molecule has 4 rings (SSSR count). The van der Waals surface area contributed by atoms with Crippen LogP contribution in [-0.4, -0.2) is 42.1 Å². The number of nitrogens with zero attached hydrogens (tertiary/aromatic N) is 7. The fraction of sp³-hybridized carbons (Fsp3) is 0.381. The Hall–Kier alpha value is -3.58. The highest BCUT2D eigenvalue weighted by molar-refractivity contribution is 5.82. The fourth-order valence-corrected chi connectivity index (χ4v) is 4.30. The second-order valence-corrected chi connectivity index (χ2v) is 7.54. The van der Waals surface area contributed by atoms with Gasteiger partial charge < -0.3 is 9.64 Å². The molecule has 0 unspecified atom stereocenters. The average Bonchev–Trinajstić information content (AvgIpc) is 2.80. The zero-order chi connectivity index (χ0) is 21.8. The summed E-state index contributed by atoms with van der Waals surface area (Å²) in [4.78, 5) is 20.8. The third-order valence-corrected chi connectivity index (χ3v) is 5.80. The van der Waals surface area contributed by atoms with E-state index >= 15 is 0 Å². The molecule has 0 saturated carbocycles. The van der Waals surface area contributed by atoms with E-state index in [1.54, 1.807) is 17.0 Å². The summed E-state index contributed by atoms with van der Waals surface area (Å²) in [5.41, 5.74) is 20.5. The molecule has 2 aromatic carbocycles. The summed E-state index contributed by atoms with van der Waals surface area (Å²) < 4.78 is 19.3. The number of benzene rings is 2. The summed E-state index contributed by atoms with van der Waals surface area (Å²) in [6, 6.07) is 12.3. The minimum atomic E-state index is -0.825. The maximum Gasteiger partial charge on any atom is 0.252 e. The van der Waals surface area contributed by atoms with Crippen molar-refractivity contribution in [2.75, 3.05) is 13.2 Å². The van der Waals surface area contributed by atoms with Crippen LogP contribution in [0.15, 0.2) is 58.8 Å². The van der Waals surface area contributed by atoms with Crippen molar-refractivity contribution in [1.82, 2.24) is 4.90 Å². The number of halogens is 1. The first-order valence-corrected chi connectivity index (χ1v) is 9.96. The molecule has 1 saturated heterocycles. The van der Waals surface area contributed by atoms with Crippen LogP contribution in [0.5, 0.6) is 0 Å². The molecule has 0 bridgehead atoms. The maximum atomic E-state index is 13.5. The monoisotopic (exact) mass is 421 g/mol. The quantitative estimate of drug-likeness (QED) is 0.411. The Balaban J connectivity index is 1.65. The van der Waals surface area contributed by atoms with Crippen LogP contribution in [0.3, 0.4) is 0 Å². The Morgan fingerprint density at radius 3 is 2.52 bits per heavy atom. The number of hydrogen-bond acceptors (Lipinski definition) is 4. The van der Waals surface area contributed by atoms with E-state index in [0.29, 0.717) is 13.0 Å². The normalized spacial score (nSPS) is 25.0. The van der Waals surface area contributed by atoms with Crippen LogP contribution >= 0.6 is 0 Å². The van der Waals surface area contributed by atoms with Gasteiger partial charge in [0, 0.05) is 16.4 Å². The highest BCUT2D eigenvalue weighted by atomic mass is 19.1. The van der Waals surface area contributed by atoms with E-state index in [-0.39, 0.29) is 30.8 Å². The number of fused-ring (bicyclic) bond motifs is 1. The molecular weight excluding hydrogens is 401 g/mol. The minimum Gasteiger partial charge on any atom is -0.368 e. The van der Waals surface area contributed by atoms with Gasteiger partial charge in [0.2, 0.25) is 0 Å². The zero-order valence-electron chi connectivity index (χ0n) is 16.6. The van der Waals surface area contributed by atoms with Crippen molar-refractivity contribution in [1.29, 1.82) is 0 Å². The molecular formula is C21H20FN7O2. The van der Waals surface area contributed by atoms with E-state index in [1.165, 1.54) is 12.1 Å². The summed E-state index contributed by atoms with van der Waals surface area (Å²) in [7, 11) is 0. The predicted octanol–water partition coefficient (Wildman–Crippen LogP) is 4.45. The van der Waals surface area contributed by atoms with Crippen molar-refractivity contribution >= 4 is 5.91 Å². The third-order valence-electron chi connectivity index (χ3n) is 5.80. The lowest BCUT2D eigenvalue weighted by molar-refractivity contribution is -0.149. The van der Waals surface area contributed by atoms with Crippen molar-refractivity contribution in [3.05, 3.63) is 91.9 Å². The first-order valence-electron chi connectivity index (χ1n) is 9.96. The number of azide groups is 2. The molecule has 158 valence electrons. The first kappa shape index (κ1) is 20.7. The van der Waals surface area contributed by atoms with Crippen molar-refractivity contribution in [2.45, 2.75) is 37.1 Å². The molecule has 10 heteroatoms. The molecule has 2 aromatic rings. The summed E-state index contributed by atoms with van der Waals surface area (Å²) in [5, 5.41) is 7.33. The summed E-state index contributed by atoms with van der Waals surface area (Å²) in [5.74, 6) is -0.580. The van der Waals surface area contributed by atoms with Gasteiger partial charge in [-0.15, -0.1) is 0 Å². The van der Waals surface area contributed by atoms with Crippen LogP contribution in [0.4, 0.5) is 4.39 Å². The van der Waals surface area contributed by atoms with Crippen LogP contribution in [0, 0.1) is 5.82 Å². The molecule has 0 aliphatic carbocycles. The van der Waals surface area contributed by atoms with Gasteiger partial charge in [-0.05, 0) is 52.7 Å². The topological polar surface area (TPSA) is 127 Å². The van der Waals surface area contributed by atoms with Gasteiger partial charge in [0.15, 0.2) is 0 Å². The molecule has 4 atom stereocenters. The first-order chi connectivity index (χ1) is 15.1. The smallest absolute Gasteiger partial charge is 0.252 e. The van der Waals surface area contributed by atoms with Crippen molar-refractivity contribution in [3.8, 4) is 0 Å². The summed E-state index contributed by atoms with van der Waals surface area (Å²) >= 11 is 0. The van der Waals surface area contributed by atoms with E-state index in [2.05, 4.69) is 20.1 Å². The van der Waals surface area contributed by atoms with E-state index in [9.17, 15) is 9.18 Å². The molecule has 0 aromatic heterocycles. The molecule has 0 spiro atoms. The van der Waals surface area contributed by atoms with Gasteiger partial charge in [0.05, 0.1) is 24.7 Å². The summed E-state index contributed by atoms with van der Waals surface area (Å²) in [6.45, 7) is 0.472. The second-order valence-electron chi connectivity index (χ2n) is 7.54. The van der Waals surface area contributed by atoms with Gasteiger partial charge in [-0.3, -0.25) is 4.79 Å². The molecule has 1 fully saturated rings. The Morgan fingerprint density at radius 2 is 1.77 bits per heavy atom. The number of amides is 1. The SMILES string of the molecule is [N-]=[N+]=N[C@H]1C[C@H](C(=O)N2CCc3ccccc3[C@@H]2c2ccc(F)cc2)OC[C@H]1N=[N+]=[N-]. The van der Waals surface area contributed by atoms with Crippen LogP contribution in [-0.2, 0) is 16.0 Å². The van der Waals surface area contributed by atoms with Gasteiger partial charge in [-0.2, -0.15) is 0 Å². The molecule has 0 N–H and O–H groups in total. The van der Waals surface area contributed by atoms with Crippen LogP contribution in [0.25, 0.3) is 20.9 Å². The molecule has 0 radical (unpaired) electrons. The van der Waals surface area contributed by atoms with Gasteiger partial charge in [0.25, 0.3) is 5.91 Å². The van der Waals surface area contributed by atoms with Gasteiger partial charge >= 0.3 is 0 Å². The van der Waals surface area contributed by atoms with Gasteiger partial charge in [-0.1, -0.05) is 46.6 Å². The standard InChI is InChI=1S/C21H20FN7O2/c22-15-7-5-14(6-8-15)20-16-4-2-1-3-13(16)9-10-29(20)21(30)19-11-17(25-27-23)18(12-31-19)26-28-24/h1-8,17-20H,9-12H2/t17-,18+,19+,20-/m0/s1. The highest BCUT2D eigenvalue weighted by Crippen LogP contribution is 2.36. The number of hydrogen-bond donors (Lipinski definition) is 0. The van der Waals surface area contributed by atoms with Crippen LogP contribution in [0.2, 0.25) is 0 Å². The van der Waals surface area contributed by atoms with Crippen molar-refractivity contribution < 1.29 is 13.9 Å². The zero-order valence-corrected chi connectivity index (χ0v) is 16.6. The Bertz CT molecular complexity index is 1060. The Morgan fingerprint density at radius 1 is 1.06 bits per heavy atom. The maximum absolute atomic E-state index is 13.5. The second kappa shape index (κ2) is 9.06. The number of ether oxygens (including phenoxy) is 1. The van der Waals surface area contributed by atoms with Crippen molar-refractivity contribution in [3.63, 3.8) is 0 Å². The van der Waals surface area contributed by atoms with E-state index in [1.807, 2.05) is 24.3 Å². The van der Waals surface area contributed by atoms with Gasteiger partial charge in [-0.25, -0.2) is 4.39 Å². The highest BCUT2D eigenvalue weighted by Gasteiger charge is 2.40. The number of rotatable bonds is 4. The van der Waals surface area contributed by atoms with E-state index in [0.717, 1.165) is 16.7 Å². The lowest BCUT2D eigenvalue weighted by atomic mass is 9.87. The average molecular weight is 421 g/mol. The minimum absolute atomic E-state index is 0.00417. The Labute approximate surface area is 177 Å². The molecule has 2 heterocycles. The Kier molecular flexibility index (Phi) is 6.04. The van der Waals surface area contributed by atoms with Crippen LogP contribution in [0.1, 0.15) is 29.2 Å². The lowest BCUT2D eigenvalue weighted by Gasteiger charge is -2.41. The largest absolute Gasteiger partial charge is 0.368 e. The van der Waals surface area contributed by atoms with E-state index in [4.69, 9.17) is 15.8 Å². The summed E-state index contributed by atoms with van der Waals surface area (Å²) in [6.07, 6.45) is -0.0113. The number of carbonyl (C=O) groups excluding carboxylic acids is 1. The molecule has 31 heavy (non-hydrogen) atoms. The third kappa shape index (κ3) is 4.18. The predicted molar refractivity (Wildman–Crippen MR) is 110 cm³/mol. The molecule has 2 aliphatic rings. The van der Waals surface area contributed by atoms with Crippen LogP contribution < -0.4 is 0 Å². The fourth-order valence-electron chi connectivity index (χ4n) is 4.30.